The second kappa shape index (κ2) is 4.58. The second-order valence-electron chi connectivity index (χ2n) is 6.78. The highest BCUT2D eigenvalue weighted by Gasteiger charge is 2.47. The molecule has 0 bridgehead atoms. The lowest BCUT2D eigenvalue weighted by molar-refractivity contribution is -0.192. The summed E-state index contributed by atoms with van der Waals surface area (Å²) in [6.45, 7) is 9.94. The Balaban J connectivity index is 2.74. The van der Waals surface area contributed by atoms with Crippen LogP contribution in [0.3, 0.4) is 0 Å². The normalized spacial score (nSPS) is 23.2. The van der Waals surface area contributed by atoms with Gasteiger partial charge in [0.05, 0.1) is 0 Å². The molecule has 0 saturated heterocycles. The fourth-order valence-electron chi connectivity index (χ4n) is 2.07. The van der Waals surface area contributed by atoms with E-state index in [1.54, 1.807) is 0 Å². The maximum Gasteiger partial charge on any atom is 0.341 e. The summed E-state index contributed by atoms with van der Waals surface area (Å²) in [5.74, 6) is 5.02. The van der Waals surface area contributed by atoms with Crippen LogP contribution in [-0.4, -0.2) is 17.2 Å². The van der Waals surface area contributed by atoms with Crippen LogP contribution in [0.1, 0.15) is 60.3 Å². The first kappa shape index (κ1) is 14.5. The van der Waals surface area contributed by atoms with Crippen LogP contribution >= 0.6 is 0 Å². The molecule has 0 radical (unpaired) electrons. The van der Waals surface area contributed by atoms with Crippen molar-refractivity contribution in [3.8, 4) is 0 Å². The highest BCUT2D eigenvalue weighted by molar-refractivity contribution is 5.80. The number of nitrogens with two attached hydrogens (primary N) is 1. The van der Waals surface area contributed by atoms with Gasteiger partial charge in [0.2, 0.25) is 0 Å². The molecule has 2 N–H and O–H groups in total. The van der Waals surface area contributed by atoms with Gasteiger partial charge in [-0.25, -0.2) is 10.7 Å². The molecule has 100 valence electrons. The zero-order valence-electron chi connectivity index (χ0n) is 11.6. The largest absolute Gasteiger partial charge is 0.458 e. The number of hydrogen-bond acceptors (Lipinski definition) is 4. The lowest BCUT2D eigenvalue weighted by atomic mass is 9.71. The molecule has 1 aliphatic rings. The lowest BCUT2D eigenvalue weighted by Crippen LogP contribution is -2.50. The summed E-state index contributed by atoms with van der Waals surface area (Å²) in [4.78, 5) is 17.2. The number of carbonyl (C=O) groups is 1. The minimum Gasteiger partial charge on any atom is -0.458 e. The molecule has 0 aliphatic heterocycles. The smallest absolute Gasteiger partial charge is 0.341 e. The summed E-state index contributed by atoms with van der Waals surface area (Å²) < 4.78 is 5.40. The maximum atomic E-state index is 12.2. The van der Waals surface area contributed by atoms with E-state index >= 15 is 0 Å². The van der Waals surface area contributed by atoms with Gasteiger partial charge in [-0.3, -0.25) is 4.84 Å². The topological polar surface area (TPSA) is 61.5 Å². The van der Waals surface area contributed by atoms with Crippen molar-refractivity contribution in [2.24, 2.45) is 11.3 Å². The van der Waals surface area contributed by atoms with Crippen LogP contribution in [-0.2, 0) is 14.4 Å². The molecule has 0 aromatic heterocycles. The van der Waals surface area contributed by atoms with Crippen LogP contribution in [0.25, 0.3) is 0 Å². The lowest BCUT2D eigenvalue weighted by Gasteiger charge is -2.41. The highest BCUT2D eigenvalue weighted by atomic mass is 16.7. The number of hydrogen-bond donors (Lipinski definition) is 1. The monoisotopic (exact) mass is 243 g/mol. The zero-order chi connectivity index (χ0) is 13.3. The SMILES string of the molecule is CC1(C)CCC(ON)(C(=O)OC(C)(C)C)CC1. The molecule has 0 unspecified atom stereocenters. The van der Waals surface area contributed by atoms with Gasteiger partial charge in [-0.2, -0.15) is 0 Å². The molecule has 4 nitrogen and oxygen atoms in total. The van der Waals surface area contributed by atoms with Crippen molar-refractivity contribution >= 4 is 5.97 Å². The van der Waals surface area contributed by atoms with Gasteiger partial charge in [-0.15, -0.1) is 0 Å². The molecule has 1 saturated carbocycles. The van der Waals surface area contributed by atoms with Crippen molar-refractivity contribution < 1.29 is 14.4 Å². The molecule has 0 aromatic rings. The van der Waals surface area contributed by atoms with Crippen molar-refractivity contribution in [2.75, 3.05) is 0 Å². The van der Waals surface area contributed by atoms with E-state index in [2.05, 4.69) is 13.8 Å². The first-order chi connectivity index (χ1) is 7.60. The number of esters is 1. The molecule has 0 spiro atoms. The Morgan fingerprint density at radius 1 is 1.12 bits per heavy atom. The molecule has 1 fully saturated rings. The van der Waals surface area contributed by atoms with Crippen molar-refractivity contribution in [3.63, 3.8) is 0 Å². The van der Waals surface area contributed by atoms with E-state index in [9.17, 15) is 4.79 Å². The molecule has 1 rings (SSSR count). The summed E-state index contributed by atoms with van der Waals surface area (Å²) in [6.07, 6.45) is 3.10. The Morgan fingerprint density at radius 3 is 1.94 bits per heavy atom. The van der Waals surface area contributed by atoms with Gasteiger partial charge in [0, 0.05) is 0 Å². The van der Waals surface area contributed by atoms with Crippen LogP contribution < -0.4 is 5.90 Å². The average molecular weight is 243 g/mol. The molecule has 0 heterocycles. The average Bonchev–Trinajstić information content (AvgIpc) is 2.16. The van der Waals surface area contributed by atoms with Gasteiger partial charge >= 0.3 is 5.97 Å². The molecule has 1 aliphatic carbocycles. The Kier molecular flexibility index (Phi) is 3.89. The van der Waals surface area contributed by atoms with Gasteiger partial charge in [0.15, 0.2) is 5.60 Å². The molecule has 4 heteroatoms. The van der Waals surface area contributed by atoms with Crippen molar-refractivity contribution in [3.05, 3.63) is 0 Å². The number of rotatable bonds is 2. The first-order valence-corrected chi connectivity index (χ1v) is 6.22. The van der Waals surface area contributed by atoms with Crippen LogP contribution in [0, 0.1) is 5.41 Å². The Labute approximate surface area is 104 Å². The van der Waals surface area contributed by atoms with Crippen LogP contribution in [0.4, 0.5) is 0 Å². The Bertz CT molecular complexity index is 282. The Hall–Kier alpha value is -0.610. The van der Waals surface area contributed by atoms with E-state index in [1.807, 2.05) is 20.8 Å². The van der Waals surface area contributed by atoms with E-state index < -0.39 is 11.2 Å². The maximum absolute atomic E-state index is 12.2. The van der Waals surface area contributed by atoms with E-state index in [1.165, 1.54) is 0 Å². The van der Waals surface area contributed by atoms with Gasteiger partial charge in [0.25, 0.3) is 0 Å². The van der Waals surface area contributed by atoms with E-state index in [0.29, 0.717) is 12.8 Å². The van der Waals surface area contributed by atoms with Crippen LogP contribution in [0.2, 0.25) is 0 Å². The second-order valence-corrected chi connectivity index (χ2v) is 6.78. The third kappa shape index (κ3) is 3.68. The fraction of sp³-hybridized carbons (Fsp3) is 0.923. The van der Waals surface area contributed by atoms with Crippen molar-refractivity contribution in [1.82, 2.24) is 0 Å². The van der Waals surface area contributed by atoms with Crippen LogP contribution in [0.15, 0.2) is 0 Å². The van der Waals surface area contributed by atoms with Crippen LogP contribution in [0.5, 0.6) is 0 Å². The predicted octanol–water partition coefficient (Wildman–Crippen LogP) is 2.56. The quantitative estimate of drug-likeness (QED) is 0.598. The molecule has 0 aromatic carbocycles. The summed E-state index contributed by atoms with van der Waals surface area (Å²) in [5.41, 5.74) is -1.19. The van der Waals surface area contributed by atoms with E-state index in [-0.39, 0.29) is 11.4 Å². The third-order valence-electron chi connectivity index (χ3n) is 3.41. The summed E-state index contributed by atoms with van der Waals surface area (Å²) in [5, 5.41) is 0. The van der Waals surface area contributed by atoms with Gasteiger partial charge in [-0.1, -0.05) is 13.8 Å². The standard InChI is InChI=1S/C13H25NO3/c1-11(2,3)16-10(15)13(17-14)8-6-12(4,5)7-9-13/h6-9,14H2,1-5H3. The molecule has 0 atom stereocenters. The number of ether oxygens (including phenoxy) is 1. The third-order valence-corrected chi connectivity index (χ3v) is 3.41. The molecule has 0 amide bonds. The summed E-state index contributed by atoms with van der Waals surface area (Å²) in [7, 11) is 0. The molecule has 17 heavy (non-hydrogen) atoms. The summed E-state index contributed by atoms with van der Waals surface area (Å²) >= 11 is 0. The number of carbonyl (C=O) groups excluding carboxylic acids is 1. The zero-order valence-corrected chi connectivity index (χ0v) is 11.6. The Morgan fingerprint density at radius 2 is 1.59 bits per heavy atom. The highest BCUT2D eigenvalue weighted by Crippen LogP contribution is 2.42. The van der Waals surface area contributed by atoms with Crippen molar-refractivity contribution in [2.45, 2.75) is 71.5 Å². The minimum absolute atomic E-state index is 0.254. The molecular weight excluding hydrogens is 218 g/mol. The van der Waals surface area contributed by atoms with Gasteiger partial charge < -0.3 is 4.74 Å². The minimum atomic E-state index is -0.942. The fourth-order valence-corrected chi connectivity index (χ4v) is 2.07. The predicted molar refractivity (Wildman–Crippen MR) is 66.1 cm³/mol. The van der Waals surface area contributed by atoms with Crippen molar-refractivity contribution in [1.29, 1.82) is 0 Å². The van der Waals surface area contributed by atoms with Gasteiger partial charge in [-0.05, 0) is 51.9 Å². The van der Waals surface area contributed by atoms with E-state index in [0.717, 1.165) is 12.8 Å². The first-order valence-electron chi connectivity index (χ1n) is 6.22. The summed E-state index contributed by atoms with van der Waals surface area (Å²) in [6, 6.07) is 0. The van der Waals surface area contributed by atoms with Gasteiger partial charge in [0.1, 0.15) is 5.60 Å². The molecular formula is C13H25NO3. The van der Waals surface area contributed by atoms with E-state index in [4.69, 9.17) is 15.5 Å².